The van der Waals surface area contributed by atoms with Gasteiger partial charge in [-0.2, -0.15) is 4.98 Å². The molecule has 1 aromatic carbocycles. The number of carbonyl (C=O) groups is 1. The Kier molecular flexibility index (Phi) is 4.39. The van der Waals surface area contributed by atoms with Crippen molar-refractivity contribution < 1.29 is 4.79 Å². The number of ketones is 1. The van der Waals surface area contributed by atoms with Crippen LogP contribution in [0.2, 0.25) is 5.02 Å². The summed E-state index contributed by atoms with van der Waals surface area (Å²) in [5.74, 6) is 1.59. The highest BCUT2D eigenvalue weighted by Crippen LogP contribution is 2.40. The van der Waals surface area contributed by atoms with Gasteiger partial charge in [-0.1, -0.05) is 41.6 Å². The first-order valence-corrected chi connectivity index (χ1v) is 9.52. The van der Waals surface area contributed by atoms with E-state index in [1.165, 1.54) is 11.8 Å². The Morgan fingerprint density at radius 1 is 1.36 bits per heavy atom. The van der Waals surface area contributed by atoms with Crippen molar-refractivity contribution in [1.29, 1.82) is 0 Å². The van der Waals surface area contributed by atoms with Crippen molar-refractivity contribution >= 4 is 35.1 Å². The van der Waals surface area contributed by atoms with E-state index in [1.54, 1.807) is 0 Å². The van der Waals surface area contributed by atoms with Gasteiger partial charge in [0.05, 0.1) is 0 Å². The van der Waals surface area contributed by atoms with E-state index in [2.05, 4.69) is 22.0 Å². The van der Waals surface area contributed by atoms with Gasteiger partial charge in [-0.3, -0.25) is 4.79 Å². The fourth-order valence-electron chi connectivity index (χ4n) is 3.28. The molecular weight excluding hydrogens is 356 g/mol. The summed E-state index contributed by atoms with van der Waals surface area (Å²) in [6.07, 6.45) is 4.12. The molecule has 1 N–H and O–H groups in total. The lowest BCUT2D eigenvalue weighted by atomic mass is 9.85. The van der Waals surface area contributed by atoms with Crippen LogP contribution < -0.4 is 5.32 Å². The van der Waals surface area contributed by atoms with Gasteiger partial charge in [-0.15, -0.1) is 11.7 Å². The highest BCUT2D eigenvalue weighted by Gasteiger charge is 2.36. The number of carbonyl (C=O) groups excluding carboxylic acids is 1. The van der Waals surface area contributed by atoms with E-state index in [0.29, 0.717) is 22.5 Å². The zero-order valence-electron chi connectivity index (χ0n) is 13.5. The molecule has 128 valence electrons. The molecule has 0 spiro atoms. The quantitative estimate of drug-likeness (QED) is 0.642. The number of hydrogen-bond acceptors (Lipinski definition) is 5. The van der Waals surface area contributed by atoms with E-state index < -0.39 is 0 Å². The molecule has 0 amide bonds. The Bertz CT molecular complexity index is 872. The molecular formula is C18H17ClN4OS. The zero-order chi connectivity index (χ0) is 17.4. The summed E-state index contributed by atoms with van der Waals surface area (Å²) < 4.78 is 1.82. The second-order valence-corrected chi connectivity index (χ2v) is 7.43. The number of benzene rings is 1. The molecule has 1 aliphatic heterocycles. The van der Waals surface area contributed by atoms with Crippen LogP contribution in [0.5, 0.6) is 0 Å². The summed E-state index contributed by atoms with van der Waals surface area (Å²) >= 11 is 7.56. The maximum Gasteiger partial charge on any atom is 0.227 e. The Hall–Kier alpha value is -2.05. The van der Waals surface area contributed by atoms with Crippen LogP contribution >= 0.6 is 23.4 Å². The summed E-state index contributed by atoms with van der Waals surface area (Å²) in [4.78, 5) is 17.2. The predicted octanol–water partition coefficient (Wildman–Crippen LogP) is 4.23. The van der Waals surface area contributed by atoms with Crippen LogP contribution in [0.3, 0.4) is 0 Å². The monoisotopic (exact) mass is 372 g/mol. The number of hydrogen-bond donors (Lipinski definition) is 1. The lowest BCUT2D eigenvalue weighted by Crippen LogP contribution is -2.31. The highest BCUT2D eigenvalue weighted by atomic mass is 35.5. The van der Waals surface area contributed by atoms with Crippen molar-refractivity contribution in [3.05, 3.63) is 58.8 Å². The molecule has 0 fully saturated rings. The summed E-state index contributed by atoms with van der Waals surface area (Å²) in [5.41, 5.74) is 2.75. The maximum absolute atomic E-state index is 12.7. The third kappa shape index (κ3) is 3.00. The van der Waals surface area contributed by atoms with E-state index in [1.807, 2.05) is 35.0 Å². The number of Topliss-reactive ketones (excluding diaryl/α,β-unsaturated/α-hetero) is 1. The van der Waals surface area contributed by atoms with Crippen molar-refractivity contribution in [2.24, 2.45) is 0 Å². The molecule has 7 heteroatoms. The van der Waals surface area contributed by atoms with Gasteiger partial charge in [0, 0.05) is 28.5 Å². The normalized spacial score (nSPS) is 19.2. The van der Waals surface area contributed by atoms with E-state index in [-0.39, 0.29) is 11.8 Å². The van der Waals surface area contributed by atoms with E-state index in [0.717, 1.165) is 35.4 Å². The van der Waals surface area contributed by atoms with Gasteiger partial charge in [0.1, 0.15) is 6.04 Å². The van der Waals surface area contributed by atoms with Crippen LogP contribution in [-0.4, -0.2) is 26.3 Å². The average Bonchev–Trinajstić information content (AvgIpc) is 3.01. The molecule has 1 aliphatic carbocycles. The number of fused-ring (bicyclic) bond motifs is 1. The Morgan fingerprint density at radius 3 is 2.92 bits per heavy atom. The number of aromatic nitrogens is 3. The van der Waals surface area contributed by atoms with E-state index >= 15 is 0 Å². The van der Waals surface area contributed by atoms with Gasteiger partial charge in [0.25, 0.3) is 0 Å². The van der Waals surface area contributed by atoms with Crippen molar-refractivity contribution in [3.8, 4) is 0 Å². The number of rotatable bonds is 4. The lowest BCUT2D eigenvalue weighted by molar-refractivity contribution is -0.116. The molecule has 0 bridgehead atoms. The van der Waals surface area contributed by atoms with Gasteiger partial charge in [0.15, 0.2) is 5.78 Å². The first-order chi connectivity index (χ1) is 12.2. The fraction of sp³-hybridized carbons (Fsp3) is 0.278. The van der Waals surface area contributed by atoms with Crippen LogP contribution in [0.25, 0.3) is 0 Å². The molecule has 0 radical (unpaired) electrons. The maximum atomic E-state index is 12.7. The summed E-state index contributed by atoms with van der Waals surface area (Å²) in [6.45, 7) is 3.73. The van der Waals surface area contributed by atoms with Gasteiger partial charge in [0.2, 0.25) is 11.1 Å². The standard InChI is InChI=1S/C18H17ClN4OS/c1-2-10-25-18-21-17-20-13-4-3-5-14(24)15(13)16(23(17)22-18)11-6-8-12(19)9-7-11/h2,6-9,16H,1,3-5,10H2,(H,20,21,22)/t16-/m0/s1. The predicted molar refractivity (Wildman–Crippen MR) is 100 cm³/mol. The van der Waals surface area contributed by atoms with Crippen LogP contribution in [0.15, 0.2) is 53.3 Å². The number of thioether (sulfide) groups is 1. The van der Waals surface area contributed by atoms with Gasteiger partial charge < -0.3 is 5.32 Å². The van der Waals surface area contributed by atoms with Crippen LogP contribution in [0.4, 0.5) is 5.95 Å². The Labute approximate surface area is 155 Å². The SMILES string of the molecule is C=CCSc1nc2n(n1)[C@@H](c1ccc(Cl)cc1)C1=C(CCCC1=O)N2. The molecule has 1 aromatic heterocycles. The number of allylic oxidation sites excluding steroid dienone is 2. The molecule has 2 heterocycles. The molecule has 2 aromatic rings. The number of nitrogens with one attached hydrogen (secondary N) is 1. The van der Waals surface area contributed by atoms with Crippen LogP contribution in [0.1, 0.15) is 30.9 Å². The number of anilines is 1. The zero-order valence-corrected chi connectivity index (χ0v) is 15.1. The second kappa shape index (κ2) is 6.69. The Balaban J connectivity index is 1.83. The number of halogens is 1. The summed E-state index contributed by atoms with van der Waals surface area (Å²) in [5, 5.41) is 9.30. The fourth-order valence-corrected chi connectivity index (χ4v) is 3.97. The smallest absolute Gasteiger partial charge is 0.227 e. The summed E-state index contributed by atoms with van der Waals surface area (Å²) in [6, 6.07) is 7.33. The minimum Gasteiger partial charge on any atom is -0.328 e. The minimum absolute atomic E-state index is 0.176. The van der Waals surface area contributed by atoms with Crippen molar-refractivity contribution in [2.45, 2.75) is 30.5 Å². The van der Waals surface area contributed by atoms with Gasteiger partial charge in [-0.25, -0.2) is 4.68 Å². The van der Waals surface area contributed by atoms with Crippen molar-refractivity contribution in [1.82, 2.24) is 14.8 Å². The first kappa shape index (κ1) is 16.4. The molecule has 5 nitrogen and oxygen atoms in total. The largest absolute Gasteiger partial charge is 0.328 e. The average molecular weight is 373 g/mol. The van der Waals surface area contributed by atoms with Crippen LogP contribution in [0, 0.1) is 0 Å². The third-order valence-corrected chi connectivity index (χ3v) is 5.45. The summed E-state index contributed by atoms with van der Waals surface area (Å²) in [7, 11) is 0. The molecule has 0 saturated heterocycles. The topological polar surface area (TPSA) is 59.8 Å². The van der Waals surface area contributed by atoms with Gasteiger partial charge in [-0.05, 0) is 30.5 Å². The molecule has 0 unspecified atom stereocenters. The molecule has 2 aliphatic rings. The molecule has 1 atom stereocenters. The number of nitrogens with zero attached hydrogens (tertiary/aromatic N) is 3. The molecule has 25 heavy (non-hydrogen) atoms. The molecule has 0 saturated carbocycles. The van der Waals surface area contributed by atoms with E-state index in [9.17, 15) is 4.79 Å². The van der Waals surface area contributed by atoms with Crippen LogP contribution in [-0.2, 0) is 4.79 Å². The first-order valence-electron chi connectivity index (χ1n) is 8.16. The second-order valence-electron chi connectivity index (χ2n) is 6.01. The molecule has 4 rings (SSSR count). The lowest BCUT2D eigenvalue weighted by Gasteiger charge is -2.32. The van der Waals surface area contributed by atoms with Crippen molar-refractivity contribution in [2.75, 3.05) is 11.1 Å². The van der Waals surface area contributed by atoms with E-state index in [4.69, 9.17) is 11.6 Å². The minimum atomic E-state index is -0.262. The van der Waals surface area contributed by atoms with Crippen molar-refractivity contribution in [3.63, 3.8) is 0 Å². The third-order valence-electron chi connectivity index (χ3n) is 4.36. The Morgan fingerprint density at radius 2 is 2.16 bits per heavy atom. The van der Waals surface area contributed by atoms with Gasteiger partial charge >= 0.3 is 0 Å². The highest BCUT2D eigenvalue weighted by molar-refractivity contribution is 7.99.